The molecule has 0 radical (unpaired) electrons. The molecule has 110 valence electrons. The molecule has 2 N–H and O–H groups in total. The predicted molar refractivity (Wildman–Crippen MR) is 72.5 cm³/mol. The van der Waals surface area contributed by atoms with Crippen molar-refractivity contribution in [3.63, 3.8) is 0 Å². The molecule has 0 atom stereocenters. The van der Waals surface area contributed by atoms with Crippen LogP contribution < -0.4 is 4.90 Å². The first-order valence-electron chi connectivity index (χ1n) is 5.84. The van der Waals surface area contributed by atoms with E-state index in [0.717, 1.165) is 11.2 Å². The van der Waals surface area contributed by atoms with Gasteiger partial charge in [-0.2, -0.15) is 5.10 Å². The second kappa shape index (κ2) is 5.84. The fraction of sp³-hybridized carbons (Fsp3) is 0.500. The summed E-state index contributed by atoms with van der Waals surface area (Å²) in [5, 5.41) is 5.00. The van der Waals surface area contributed by atoms with E-state index >= 15 is 0 Å². The molecule has 0 aliphatic rings. The van der Waals surface area contributed by atoms with E-state index in [1.165, 1.54) is 6.33 Å². The van der Waals surface area contributed by atoms with Crippen molar-refractivity contribution in [2.45, 2.75) is 6.54 Å². The molecule has 0 amide bonds. The van der Waals surface area contributed by atoms with Crippen LogP contribution in [0, 0.1) is 0 Å². The van der Waals surface area contributed by atoms with Gasteiger partial charge in [0.15, 0.2) is 5.65 Å². The molecule has 0 bridgehead atoms. The molecular weight excluding hydrogens is 285 g/mol. The van der Waals surface area contributed by atoms with E-state index in [1.54, 1.807) is 10.9 Å². The van der Waals surface area contributed by atoms with E-state index in [9.17, 15) is 4.57 Å². The van der Waals surface area contributed by atoms with Crippen molar-refractivity contribution in [3.8, 4) is 0 Å². The Morgan fingerprint density at radius 1 is 1.40 bits per heavy atom. The molecule has 0 saturated heterocycles. The van der Waals surface area contributed by atoms with Gasteiger partial charge in [-0.25, -0.2) is 14.6 Å². The van der Waals surface area contributed by atoms with Crippen molar-refractivity contribution in [1.82, 2.24) is 19.7 Å². The van der Waals surface area contributed by atoms with Gasteiger partial charge in [-0.15, -0.1) is 0 Å². The zero-order valence-corrected chi connectivity index (χ0v) is 12.1. The number of nitrogens with zero attached hydrogens (tertiary/aromatic N) is 5. The fourth-order valence-electron chi connectivity index (χ4n) is 1.74. The van der Waals surface area contributed by atoms with Crippen molar-refractivity contribution in [1.29, 1.82) is 0 Å². The van der Waals surface area contributed by atoms with Gasteiger partial charge in [0.05, 0.1) is 24.7 Å². The second-order valence-corrected chi connectivity index (χ2v) is 5.99. The maximum atomic E-state index is 10.6. The molecule has 2 aromatic heterocycles. The average Bonchev–Trinajstić information content (AvgIpc) is 2.76. The minimum atomic E-state index is -4.13. The molecule has 2 rings (SSSR count). The summed E-state index contributed by atoms with van der Waals surface area (Å²) in [7, 11) is -0.371. The van der Waals surface area contributed by atoms with Gasteiger partial charge in [0.1, 0.15) is 18.5 Å². The molecule has 0 fully saturated rings. The van der Waals surface area contributed by atoms with E-state index in [-0.39, 0.29) is 6.61 Å². The van der Waals surface area contributed by atoms with Crippen molar-refractivity contribution in [2.24, 2.45) is 0 Å². The van der Waals surface area contributed by atoms with Gasteiger partial charge in [-0.1, -0.05) is 0 Å². The Kier molecular flexibility index (Phi) is 4.34. The third-order valence-electron chi connectivity index (χ3n) is 2.54. The molecule has 0 unspecified atom stereocenters. The molecule has 20 heavy (non-hydrogen) atoms. The predicted octanol–water partition coefficient (Wildman–Crippen LogP) is 0.0441. The Hall–Kier alpha value is -1.54. The summed E-state index contributed by atoms with van der Waals surface area (Å²) in [6.07, 6.45) is 2.52. The van der Waals surface area contributed by atoms with Crippen LogP contribution in [0.4, 0.5) is 5.82 Å². The first-order valence-corrected chi connectivity index (χ1v) is 7.64. The van der Waals surface area contributed by atoms with E-state index in [1.807, 2.05) is 19.0 Å². The van der Waals surface area contributed by atoms with Crippen LogP contribution in [-0.4, -0.2) is 56.6 Å². The third-order valence-corrected chi connectivity index (χ3v) is 3.06. The highest BCUT2D eigenvalue weighted by atomic mass is 31.2. The number of rotatable bonds is 6. The van der Waals surface area contributed by atoms with Gasteiger partial charge >= 0.3 is 7.60 Å². The third kappa shape index (κ3) is 3.51. The molecular formula is C10H16N5O4P. The van der Waals surface area contributed by atoms with Gasteiger partial charge in [-0.3, -0.25) is 4.57 Å². The summed E-state index contributed by atoms with van der Waals surface area (Å²) in [4.78, 5) is 27.6. The van der Waals surface area contributed by atoms with Gasteiger partial charge in [0.25, 0.3) is 0 Å². The summed E-state index contributed by atoms with van der Waals surface area (Å²) in [5.41, 5.74) is 0.656. The van der Waals surface area contributed by atoms with Crippen molar-refractivity contribution in [2.75, 3.05) is 32.0 Å². The lowest BCUT2D eigenvalue weighted by Gasteiger charge is -2.11. The van der Waals surface area contributed by atoms with Crippen LogP contribution in [0.3, 0.4) is 0 Å². The Labute approximate surface area is 115 Å². The first-order chi connectivity index (χ1) is 9.38. The van der Waals surface area contributed by atoms with Crippen molar-refractivity contribution < 1.29 is 19.1 Å². The minimum absolute atomic E-state index is 0.142. The molecule has 0 saturated carbocycles. The lowest BCUT2D eigenvalue weighted by Crippen LogP contribution is -2.12. The van der Waals surface area contributed by atoms with Crippen molar-refractivity contribution >= 4 is 24.4 Å². The van der Waals surface area contributed by atoms with Crippen LogP contribution in [0.15, 0.2) is 12.5 Å². The Morgan fingerprint density at radius 2 is 2.15 bits per heavy atom. The number of hydrogen-bond acceptors (Lipinski definition) is 6. The Bertz CT molecular complexity index is 638. The Morgan fingerprint density at radius 3 is 2.80 bits per heavy atom. The summed E-state index contributed by atoms with van der Waals surface area (Å²) < 4.78 is 17.2. The summed E-state index contributed by atoms with van der Waals surface area (Å²) in [6.45, 7) is 0.497. The molecule has 0 aliphatic heterocycles. The average molecular weight is 301 g/mol. The van der Waals surface area contributed by atoms with Crippen LogP contribution in [0.25, 0.3) is 11.0 Å². The number of fused-ring (bicyclic) bond motifs is 1. The van der Waals surface area contributed by atoms with Crippen LogP contribution in [0.5, 0.6) is 0 Å². The molecule has 2 heterocycles. The summed E-state index contributed by atoms with van der Waals surface area (Å²) in [5.74, 6) is 0.761. The topological polar surface area (TPSA) is 114 Å². The number of hydrogen-bond donors (Lipinski definition) is 2. The van der Waals surface area contributed by atoms with Gasteiger partial charge in [0.2, 0.25) is 0 Å². The lowest BCUT2D eigenvalue weighted by atomic mass is 10.4. The largest absolute Gasteiger partial charge is 0.367 e. The van der Waals surface area contributed by atoms with Gasteiger partial charge in [0, 0.05) is 14.1 Å². The first kappa shape index (κ1) is 14.9. The highest BCUT2D eigenvalue weighted by Gasteiger charge is 2.13. The SMILES string of the molecule is CN(C)c1ncnc2c1cnn2CCOCP(=O)(O)O. The van der Waals surface area contributed by atoms with E-state index in [0.29, 0.717) is 12.2 Å². The summed E-state index contributed by atoms with van der Waals surface area (Å²) in [6, 6.07) is 0. The molecule has 0 spiro atoms. The highest BCUT2D eigenvalue weighted by molar-refractivity contribution is 7.51. The number of ether oxygens (including phenoxy) is 1. The quantitative estimate of drug-likeness (QED) is 0.568. The molecule has 2 aromatic rings. The summed E-state index contributed by atoms with van der Waals surface area (Å²) >= 11 is 0. The second-order valence-electron chi connectivity index (χ2n) is 4.40. The van der Waals surface area contributed by atoms with E-state index in [4.69, 9.17) is 14.5 Å². The highest BCUT2D eigenvalue weighted by Crippen LogP contribution is 2.33. The maximum Gasteiger partial charge on any atom is 0.350 e. The van der Waals surface area contributed by atoms with E-state index in [2.05, 4.69) is 15.1 Å². The lowest BCUT2D eigenvalue weighted by molar-refractivity contribution is 0.147. The smallest absolute Gasteiger partial charge is 0.350 e. The molecule has 0 aliphatic carbocycles. The van der Waals surface area contributed by atoms with Crippen LogP contribution in [-0.2, 0) is 15.8 Å². The molecule has 10 heteroatoms. The van der Waals surface area contributed by atoms with Gasteiger partial charge < -0.3 is 19.4 Å². The monoisotopic (exact) mass is 301 g/mol. The van der Waals surface area contributed by atoms with Crippen molar-refractivity contribution in [3.05, 3.63) is 12.5 Å². The maximum absolute atomic E-state index is 10.6. The zero-order chi connectivity index (χ0) is 14.8. The zero-order valence-electron chi connectivity index (χ0n) is 11.2. The number of aromatic nitrogens is 4. The van der Waals surface area contributed by atoms with Crippen LogP contribution >= 0.6 is 7.60 Å². The van der Waals surface area contributed by atoms with Crippen LogP contribution in [0.1, 0.15) is 0 Å². The van der Waals surface area contributed by atoms with E-state index < -0.39 is 13.9 Å². The molecule has 9 nitrogen and oxygen atoms in total. The Balaban J connectivity index is 2.08. The van der Waals surface area contributed by atoms with Crippen LogP contribution in [0.2, 0.25) is 0 Å². The number of anilines is 1. The standard InChI is InChI=1S/C10H16N5O4P/c1-14(2)9-8-5-13-15(10(8)12-6-11-9)3-4-19-7-20(16,17)18/h5-6H,3-4,7H2,1-2H3,(H2,16,17,18). The van der Waals surface area contributed by atoms with Gasteiger partial charge in [-0.05, 0) is 0 Å². The normalized spacial score (nSPS) is 12.0. The molecule has 0 aromatic carbocycles. The fourth-order valence-corrected chi connectivity index (χ4v) is 2.10. The minimum Gasteiger partial charge on any atom is -0.367 e.